The smallest absolute Gasteiger partial charge is 0.338 e. The fourth-order valence-electron chi connectivity index (χ4n) is 3.77. The molecule has 1 aromatic carbocycles. The summed E-state index contributed by atoms with van der Waals surface area (Å²) in [5, 5.41) is 0.463. The number of rotatable bonds is 8. The average molecular weight is 548 g/mol. The number of esters is 1. The monoisotopic (exact) mass is 547 g/mol. The van der Waals surface area contributed by atoms with Crippen molar-refractivity contribution in [1.82, 2.24) is 14.1 Å². The summed E-state index contributed by atoms with van der Waals surface area (Å²) in [5.74, 6) is -0.131. The molecule has 0 amide bonds. The minimum Gasteiger partial charge on any atom is -0.462 e. The van der Waals surface area contributed by atoms with Gasteiger partial charge in [-0.05, 0) is 56.2 Å². The molecule has 0 bridgehead atoms. The van der Waals surface area contributed by atoms with Crippen LogP contribution in [0.25, 0.3) is 16.0 Å². The molecular formula is C25H29N3O5S3. The van der Waals surface area contributed by atoms with Crippen molar-refractivity contribution in [3.05, 3.63) is 44.1 Å². The summed E-state index contributed by atoms with van der Waals surface area (Å²) < 4.78 is 15.1. The Kier molecular flexibility index (Phi) is 8.13. The number of carbonyl (C=O) groups is 2. The maximum atomic E-state index is 13.6. The van der Waals surface area contributed by atoms with Gasteiger partial charge in [0.15, 0.2) is 14.8 Å². The van der Waals surface area contributed by atoms with Gasteiger partial charge in [-0.1, -0.05) is 43.9 Å². The Morgan fingerprint density at radius 3 is 2.61 bits per heavy atom. The summed E-state index contributed by atoms with van der Waals surface area (Å²) in [5.41, 5.74) is 0.862. The number of aromatic nitrogens is 3. The fourth-order valence-corrected chi connectivity index (χ4v) is 6.25. The van der Waals surface area contributed by atoms with Crippen molar-refractivity contribution < 1.29 is 19.1 Å². The molecule has 0 aliphatic carbocycles. The first-order chi connectivity index (χ1) is 17.1. The highest BCUT2D eigenvalue weighted by Gasteiger charge is 2.25. The van der Waals surface area contributed by atoms with Crippen LogP contribution >= 0.6 is 35.3 Å². The van der Waals surface area contributed by atoms with Crippen LogP contribution in [0.1, 0.15) is 50.9 Å². The molecule has 0 spiro atoms. The third kappa shape index (κ3) is 5.64. The number of hydrogen-bond acceptors (Lipinski definition) is 9. The summed E-state index contributed by atoms with van der Waals surface area (Å²) in [7, 11) is 0. The van der Waals surface area contributed by atoms with Gasteiger partial charge in [-0.3, -0.25) is 18.7 Å². The Morgan fingerprint density at radius 1 is 1.28 bits per heavy atom. The molecule has 192 valence electrons. The third-order valence-corrected chi connectivity index (χ3v) is 8.20. The molecule has 8 nitrogen and oxygen atoms in total. The first kappa shape index (κ1) is 26.7. The average Bonchev–Trinajstić information content (AvgIpc) is 3.46. The van der Waals surface area contributed by atoms with E-state index >= 15 is 0 Å². The number of thioether (sulfide) groups is 1. The van der Waals surface area contributed by atoms with Crippen LogP contribution in [0, 0.1) is 9.37 Å². The van der Waals surface area contributed by atoms with Crippen molar-refractivity contribution >= 4 is 57.4 Å². The van der Waals surface area contributed by atoms with Crippen LogP contribution in [0.4, 0.5) is 0 Å². The molecule has 1 atom stereocenters. The van der Waals surface area contributed by atoms with E-state index in [9.17, 15) is 14.4 Å². The number of fused-ring (bicyclic) bond motifs is 1. The van der Waals surface area contributed by atoms with E-state index in [0.717, 1.165) is 12.8 Å². The van der Waals surface area contributed by atoms with Crippen LogP contribution in [0.3, 0.4) is 0 Å². The van der Waals surface area contributed by atoms with Gasteiger partial charge in [-0.25, -0.2) is 9.78 Å². The molecule has 1 fully saturated rings. The molecule has 1 aliphatic heterocycles. The lowest BCUT2D eigenvalue weighted by Gasteiger charge is -2.18. The Hall–Kier alpha value is -2.34. The van der Waals surface area contributed by atoms with Gasteiger partial charge in [0.2, 0.25) is 0 Å². The lowest BCUT2D eigenvalue weighted by molar-refractivity contribution is -0.123. The fraction of sp³-hybridized carbons (Fsp3) is 0.480. The van der Waals surface area contributed by atoms with Crippen LogP contribution in [0.2, 0.25) is 0 Å². The zero-order valence-electron chi connectivity index (χ0n) is 20.7. The summed E-state index contributed by atoms with van der Waals surface area (Å²) >= 11 is 8.09. The van der Waals surface area contributed by atoms with Crippen molar-refractivity contribution in [1.29, 1.82) is 0 Å². The van der Waals surface area contributed by atoms with E-state index in [1.54, 1.807) is 40.3 Å². The number of carbonyl (C=O) groups excluding carboxylic acids is 2. The topological polar surface area (TPSA) is 92.4 Å². The molecule has 1 aliphatic rings. The number of hydrogen-bond donors (Lipinski definition) is 0. The predicted molar refractivity (Wildman–Crippen MR) is 144 cm³/mol. The largest absolute Gasteiger partial charge is 0.462 e. The van der Waals surface area contributed by atoms with Crippen molar-refractivity contribution in [2.75, 3.05) is 19.0 Å². The maximum Gasteiger partial charge on any atom is 0.338 e. The Morgan fingerprint density at radius 2 is 2.00 bits per heavy atom. The zero-order valence-corrected chi connectivity index (χ0v) is 23.2. The molecule has 0 saturated carbocycles. The molecule has 0 N–H and O–H groups in total. The number of ketones is 1. The highest BCUT2D eigenvalue weighted by atomic mass is 32.2. The minimum absolute atomic E-state index is 0.0647. The summed E-state index contributed by atoms with van der Waals surface area (Å²) in [6.07, 6.45) is 1.76. The number of ether oxygens (including phenoxy) is 2. The summed E-state index contributed by atoms with van der Waals surface area (Å²) in [6.45, 7) is 8.74. The Bertz CT molecular complexity index is 1390. The van der Waals surface area contributed by atoms with Crippen LogP contribution < -0.4 is 5.56 Å². The van der Waals surface area contributed by atoms with Crippen molar-refractivity contribution in [3.8, 4) is 5.69 Å². The molecule has 11 heteroatoms. The Balaban J connectivity index is 1.79. The van der Waals surface area contributed by atoms with Crippen molar-refractivity contribution in [3.63, 3.8) is 0 Å². The Labute approximate surface area is 222 Å². The first-order valence-corrected chi connectivity index (χ1v) is 14.0. The van der Waals surface area contributed by atoms with Gasteiger partial charge < -0.3 is 9.47 Å². The van der Waals surface area contributed by atoms with Gasteiger partial charge in [0.25, 0.3) is 5.56 Å². The molecular weight excluding hydrogens is 518 g/mol. The predicted octanol–water partition coefficient (Wildman–Crippen LogP) is 5.04. The normalized spacial score (nSPS) is 15.9. The zero-order chi connectivity index (χ0) is 26.0. The van der Waals surface area contributed by atoms with E-state index in [-0.39, 0.29) is 23.2 Å². The molecule has 1 saturated heterocycles. The quantitative estimate of drug-likeness (QED) is 0.168. The summed E-state index contributed by atoms with van der Waals surface area (Å²) in [4.78, 5) is 43.2. The second-order valence-corrected chi connectivity index (χ2v) is 12.1. The molecule has 3 heterocycles. The van der Waals surface area contributed by atoms with Crippen LogP contribution in [0.5, 0.6) is 0 Å². The van der Waals surface area contributed by atoms with E-state index in [1.165, 1.54) is 23.1 Å². The molecule has 36 heavy (non-hydrogen) atoms. The van der Waals surface area contributed by atoms with Crippen LogP contribution in [-0.4, -0.2) is 50.9 Å². The number of Topliss-reactive ketones (excluding diaryl/α,β-unsaturated/α-hetero) is 1. The van der Waals surface area contributed by atoms with E-state index < -0.39 is 11.4 Å². The second kappa shape index (κ2) is 11.0. The lowest BCUT2D eigenvalue weighted by atomic mass is 9.92. The van der Waals surface area contributed by atoms with E-state index in [0.29, 0.717) is 50.5 Å². The maximum absolute atomic E-state index is 13.6. The SMILES string of the molecule is CCOC(=O)c1ccc(-n2c(=S)sc3c(=O)n(CC4CCCO4)c(SCC(=O)C(C)(C)C)nc32)cc1. The van der Waals surface area contributed by atoms with Crippen molar-refractivity contribution in [2.24, 2.45) is 5.41 Å². The number of thiazole rings is 1. The van der Waals surface area contributed by atoms with Gasteiger partial charge in [0.05, 0.1) is 30.6 Å². The highest BCUT2D eigenvalue weighted by molar-refractivity contribution is 7.99. The molecule has 4 rings (SSSR count). The minimum atomic E-state index is -0.493. The van der Waals surface area contributed by atoms with Crippen LogP contribution in [0.15, 0.2) is 34.2 Å². The molecule has 3 aromatic rings. The van der Waals surface area contributed by atoms with E-state index in [2.05, 4.69) is 0 Å². The second-order valence-electron chi connectivity index (χ2n) is 9.53. The number of benzene rings is 1. The van der Waals surface area contributed by atoms with Gasteiger partial charge in [0, 0.05) is 17.7 Å². The van der Waals surface area contributed by atoms with Crippen molar-refractivity contribution in [2.45, 2.75) is 58.3 Å². The third-order valence-electron chi connectivity index (χ3n) is 5.87. The highest BCUT2D eigenvalue weighted by Crippen LogP contribution is 2.28. The van der Waals surface area contributed by atoms with Gasteiger partial charge in [-0.15, -0.1) is 0 Å². The lowest BCUT2D eigenvalue weighted by Crippen LogP contribution is -2.29. The van der Waals surface area contributed by atoms with Gasteiger partial charge in [0.1, 0.15) is 10.5 Å². The standard InChI is InChI=1S/C25H29N3O5S3/c1-5-32-22(31)15-8-10-16(11-9-15)28-20-19(36-24(28)34)21(30)27(13-17-7-6-12-33-17)23(26-20)35-14-18(29)25(2,3)4/h8-11,17H,5-7,12-14H2,1-4H3. The molecule has 0 radical (unpaired) electrons. The van der Waals surface area contributed by atoms with E-state index in [4.69, 9.17) is 26.7 Å². The first-order valence-electron chi connectivity index (χ1n) is 11.8. The molecule has 2 aromatic heterocycles. The van der Waals surface area contributed by atoms with E-state index in [1.807, 2.05) is 20.8 Å². The van der Waals surface area contributed by atoms with Crippen LogP contribution in [-0.2, 0) is 20.8 Å². The van der Waals surface area contributed by atoms with Gasteiger partial charge in [-0.2, -0.15) is 0 Å². The van der Waals surface area contributed by atoms with Gasteiger partial charge >= 0.3 is 5.97 Å². The summed E-state index contributed by atoms with van der Waals surface area (Å²) in [6, 6.07) is 6.83. The number of nitrogens with zero attached hydrogens (tertiary/aromatic N) is 3. The molecule has 1 unspecified atom stereocenters.